The minimum absolute atomic E-state index is 0.572. The molecular weight excluding hydrogens is 320 g/mol. The highest BCUT2D eigenvalue weighted by molar-refractivity contribution is 5.95. The van der Waals surface area contributed by atoms with Crippen LogP contribution in [0, 0.1) is 27.7 Å². The highest BCUT2D eigenvalue weighted by atomic mass is 15.4. The number of nitrogens with zero attached hydrogens (tertiary/aromatic N) is 2. The molecule has 4 rings (SSSR count). The van der Waals surface area contributed by atoms with Crippen molar-refractivity contribution in [2.75, 3.05) is 10.9 Å². The molecule has 0 aliphatic carbocycles. The molecule has 4 heteroatoms. The third kappa shape index (κ3) is 2.94. The van der Waals surface area contributed by atoms with Crippen LogP contribution in [0.4, 0.5) is 11.6 Å². The molecule has 1 heterocycles. The monoisotopic (exact) mass is 342 g/mol. The van der Waals surface area contributed by atoms with E-state index < -0.39 is 0 Å². The summed E-state index contributed by atoms with van der Waals surface area (Å²) in [6, 6.07) is 16.9. The van der Waals surface area contributed by atoms with Gasteiger partial charge in [-0.25, -0.2) is 9.97 Å². The minimum Gasteiger partial charge on any atom is -0.298 e. The number of fused-ring (bicyclic) bond motifs is 2. The molecule has 4 aromatic rings. The first-order chi connectivity index (χ1) is 12.5. The van der Waals surface area contributed by atoms with Gasteiger partial charge in [0.2, 0.25) is 5.95 Å². The summed E-state index contributed by atoms with van der Waals surface area (Å²) in [5, 5.41) is 3.51. The quantitative estimate of drug-likeness (QED) is 0.486. The van der Waals surface area contributed by atoms with Gasteiger partial charge < -0.3 is 0 Å². The molecule has 0 radical (unpaired) electrons. The zero-order valence-corrected chi connectivity index (χ0v) is 15.5. The third-order valence-corrected chi connectivity index (χ3v) is 4.68. The van der Waals surface area contributed by atoms with Crippen molar-refractivity contribution in [1.29, 1.82) is 0 Å². The highest BCUT2D eigenvalue weighted by Crippen LogP contribution is 2.27. The fraction of sp³-hybridized carbons (Fsp3) is 0.182. The van der Waals surface area contributed by atoms with E-state index in [1.165, 1.54) is 27.5 Å². The van der Waals surface area contributed by atoms with E-state index in [0.717, 1.165) is 22.3 Å². The average Bonchev–Trinajstić information content (AvgIpc) is 2.60. The lowest BCUT2D eigenvalue weighted by Gasteiger charge is -2.14. The Kier molecular flexibility index (Phi) is 3.96. The van der Waals surface area contributed by atoms with Crippen molar-refractivity contribution in [3.63, 3.8) is 0 Å². The number of hydrazine groups is 1. The molecule has 4 nitrogen and oxygen atoms in total. The van der Waals surface area contributed by atoms with Crippen molar-refractivity contribution in [1.82, 2.24) is 9.97 Å². The SMILES string of the molecule is Cc1cc(NNc2nc(C)c3c(C)cccc3n2)c2cc(C)ccc2c1. The molecule has 2 N–H and O–H groups in total. The van der Waals surface area contributed by atoms with Crippen LogP contribution in [-0.4, -0.2) is 9.97 Å². The maximum Gasteiger partial charge on any atom is 0.242 e. The average molecular weight is 342 g/mol. The van der Waals surface area contributed by atoms with E-state index in [1.807, 2.05) is 19.1 Å². The summed E-state index contributed by atoms with van der Waals surface area (Å²) >= 11 is 0. The molecular formula is C22H22N4. The topological polar surface area (TPSA) is 49.8 Å². The van der Waals surface area contributed by atoms with Gasteiger partial charge in [-0.05, 0) is 62.4 Å². The van der Waals surface area contributed by atoms with Crippen LogP contribution in [0.1, 0.15) is 22.4 Å². The molecule has 0 saturated carbocycles. The van der Waals surface area contributed by atoms with Crippen LogP contribution in [0.15, 0.2) is 48.5 Å². The Balaban J connectivity index is 1.71. The first-order valence-electron chi connectivity index (χ1n) is 8.78. The van der Waals surface area contributed by atoms with Gasteiger partial charge in [-0.1, -0.05) is 35.9 Å². The molecule has 1 aromatic heterocycles. The normalized spacial score (nSPS) is 11.1. The third-order valence-electron chi connectivity index (χ3n) is 4.68. The van der Waals surface area contributed by atoms with Crippen molar-refractivity contribution in [3.05, 3.63) is 70.9 Å². The number of rotatable bonds is 3. The second kappa shape index (κ2) is 6.30. The Hall–Kier alpha value is -3.14. The van der Waals surface area contributed by atoms with Gasteiger partial charge in [-0.2, -0.15) is 0 Å². The Morgan fingerprint density at radius 1 is 0.769 bits per heavy atom. The van der Waals surface area contributed by atoms with E-state index in [1.54, 1.807) is 0 Å². The molecule has 0 bridgehead atoms. The number of aromatic nitrogens is 2. The predicted molar refractivity (Wildman–Crippen MR) is 110 cm³/mol. The van der Waals surface area contributed by atoms with Gasteiger partial charge >= 0.3 is 0 Å². The lowest BCUT2D eigenvalue weighted by atomic mass is 10.0. The van der Waals surface area contributed by atoms with Gasteiger partial charge in [0, 0.05) is 10.8 Å². The van der Waals surface area contributed by atoms with Crippen molar-refractivity contribution < 1.29 is 0 Å². The summed E-state index contributed by atoms with van der Waals surface area (Å²) in [6.07, 6.45) is 0. The Bertz CT molecular complexity index is 1130. The van der Waals surface area contributed by atoms with Crippen LogP contribution in [0.2, 0.25) is 0 Å². The molecule has 0 saturated heterocycles. The van der Waals surface area contributed by atoms with E-state index in [9.17, 15) is 0 Å². The predicted octanol–water partition coefficient (Wildman–Crippen LogP) is 5.46. The number of hydrogen-bond acceptors (Lipinski definition) is 4. The van der Waals surface area contributed by atoms with E-state index in [4.69, 9.17) is 0 Å². The summed E-state index contributed by atoms with van der Waals surface area (Å²) in [5.74, 6) is 0.572. The number of benzene rings is 3. The first-order valence-corrected chi connectivity index (χ1v) is 8.78. The Morgan fingerprint density at radius 3 is 2.46 bits per heavy atom. The zero-order chi connectivity index (χ0) is 18.3. The highest BCUT2D eigenvalue weighted by Gasteiger charge is 2.08. The Morgan fingerprint density at radius 2 is 1.62 bits per heavy atom. The van der Waals surface area contributed by atoms with Gasteiger partial charge in [-0.15, -0.1) is 0 Å². The molecule has 0 amide bonds. The van der Waals surface area contributed by atoms with Crippen LogP contribution in [0.3, 0.4) is 0 Å². The lowest BCUT2D eigenvalue weighted by molar-refractivity contribution is 1.13. The largest absolute Gasteiger partial charge is 0.298 e. The second-order valence-corrected chi connectivity index (χ2v) is 6.89. The molecule has 0 fully saturated rings. The summed E-state index contributed by atoms with van der Waals surface area (Å²) in [7, 11) is 0. The molecule has 3 aromatic carbocycles. The van der Waals surface area contributed by atoms with Crippen LogP contribution in [0.25, 0.3) is 21.7 Å². The van der Waals surface area contributed by atoms with Crippen LogP contribution < -0.4 is 10.9 Å². The molecule has 0 aliphatic rings. The van der Waals surface area contributed by atoms with Crippen LogP contribution in [0.5, 0.6) is 0 Å². The maximum atomic E-state index is 4.65. The van der Waals surface area contributed by atoms with Crippen molar-refractivity contribution in [3.8, 4) is 0 Å². The van der Waals surface area contributed by atoms with Gasteiger partial charge in [0.1, 0.15) is 0 Å². The summed E-state index contributed by atoms with van der Waals surface area (Å²) in [4.78, 5) is 9.26. The van der Waals surface area contributed by atoms with Crippen molar-refractivity contribution >= 4 is 33.3 Å². The van der Waals surface area contributed by atoms with Gasteiger partial charge in [0.05, 0.1) is 16.9 Å². The van der Waals surface area contributed by atoms with E-state index in [-0.39, 0.29) is 0 Å². The van der Waals surface area contributed by atoms with Crippen molar-refractivity contribution in [2.45, 2.75) is 27.7 Å². The fourth-order valence-corrected chi connectivity index (χ4v) is 3.47. The standard InChI is InChI=1S/C22H22N4/c1-13-8-9-17-10-14(2)12-20(18(17)11-13)25-26-22-23-16(4)21-15(3)6-5-7-19(21)24-22/h5-12,25H,1-4H3,(H,23,24,26). The zero-order valence-electron chi connectivity index (χ0n) is 15.5. The number of aryl methyl sites for hydroxylation is 4. The van der Waals surface area contributed by atoms with E-state index in [2.05, 4.69) is 78.0 Å². The van der Waals surface area contributed by atoms with Gasteiger partial charge in [0.15, 0.2) is 0 Å². The fourth-order valence-electron chi connectivity index (χ4n) is 3.47. The summed E-state index contributed by atoms with van der Waals surface area (Å²) in [5.41, 5.74) is 13.1. The van der Waals surface area contributed by atoms with E-state index >= 15 is 0 Å². The molecule has 130 valence electrons. The second-order valence-electron chi connectivity index (χ2n) is 6.89. The molecule has 0 spiro atoms. The number of anilines is 2. The molecule has 0 aliphatic heterocycles. The molecule has 26 heavy (non-hydrogen) atoms. The molecule has 0 unspecified atom stereocenters. The summed E-state index contributed by atoms with van der Waals surface area (Å²) in [6.45, 7) is 8.32. The van der Waals surface area contributed by atoms with Gasteiger partial charge in [-0.3, -0.25) is 10.9 Å². The smallest absolute Gasteiger partial charge is 0.242 e. The van der Waals surface area contributed by atoms with Crippen LogP contribution in [-0.2, 0) is 0 Å². The minimum atomic E-state index is 0.572. The van der Waals surface area contributed by atoms with Crippen LogP contribution >= 0.6 is 0 Å². The number of hydrogen-bond donors (Lipinski definition) is 2. The lowest BCUT2D eigenvalue weighted by Crippen LogP contribution is -2.13. The maximum absolute atomic E-state index is 4.65. The first kappa shape index (κ1) is 16.3. The summed E-state index contributed by atoms with van der Waals surface area (Å²) < 4.78 is 0. The van der Waals surface area contributed by atoms with Gasteiger partial charge in [0.25, 0.3) is 0 Å². The number of nitrogens with one attached hydrogen (secondary N) is 2. The van der Waals surface area contributed by atoms with Crippen molar-refractivity contribution in [2.24, 2.45) is 0 Å². The Labute approximate surface area is 153 Å². The molecule has 0 atom stereocenters. The van der Waals surface area contributed by atoms with E-state index in [0.29, 0.717) is 5.95 Å².